The van der Waals surface area contributed by atoms with Crippen molar-refractivity contribution < 1.29 is 24.1 Å². The van der Waals surface area contributed by atoms with Crippen LogP contribution in [0.4, 0.5) is 5.82 Å². The number of amides is 1. The number of hydrogen-bond acceptors (Lipinski definition) is 6. The number of phenols is 1. The summed E-state index contributed by atoms with van der Waals surface area (Å²) in [5, 5.41) is 12.8. The van der Waals surface area contributed by atoms with Crippen LogP contribution in [0.1, 0.15) is 23.6 Å². The van der Waals surface area contributed by atoms with Crippen LogP contribution in [0.2, 0.25) is 0 Å². The van der Waals surface area contributed by atoms with Gasteiger partial charge in [-0.15, -0.1) is 0 Å². The standard InChI is InChI=1S/C21H21N3O5/c1-27-13-5-6-15(17(9-13)28-2)24-11-22-20-14(10-19(26)23-21(20)24)12-4-7-16(25)18(8-12)29-3/h4-9,11,14,25H,10H2,1-3H3,(H,23,26)/t14-/m0/s1. The van der Waals surface area contributed by atoms with Gasteiger partial charge in [-0.2, -0.15) is 0 Å². The van der Waals surface area contributed by atoms with Crippen LogP contribution in [-0.4, -0.2) is 41.9 Å². The van der Waals surface area contributed by atoms with Crippen LogP contribution in [0.3, 0.4) is 0 Å². The number of benzene rings is 2. The number of nitrogens with zero attached hydrogens (tertiary/aromatic N) is 2. The fourth-order valence-electron chi connectivity index (χ4n) is 3.56. The van der Waals surface area contributed by atoms with Crippen LogP contribution in [0.15, 0.2) is 42.7 Å². The van der Waals surface area contributed by atoms with Crippen molar-refractivity contribution in [3.05, 3.63) is 54.0 Å². The maximum atomic E-state index is 12.5. The highest BCUT2D eigenvalue weighted by Gasteiger charge is 2.32. The van der Waals surface area contributed by atoms with Crippen molar-refractivity contribution in [3.63, 3.8) is 0 Å². The van der Waals surface area contributed by atoms with Crippen molar-refractivity contribution in [2.75, 3.05) is 26.6 Å². The Morgan fingerprint density at radius 1 is 1.07 bits per heavy atom. The number of anilines is 1. The van der Waals surface area contributed by atoms with Gasteiger partial charge in [-0.25, -0.2) is 4.98 Å². The lowest BCUT2D eigenvalue weighted by molar-refractivity contribution is -0.116. The quantitative estimate of drug-likeness (QED) is 0.689. The van der Waals surface area contributed by atoms with Gasteiger partial charge in [-0.3, -0.25) is 9.36 Å². The molecular weight excluding hydrogens is 374 g/mol. The molecule has 8 nitrogen and oxygen atoms in total. The van der Waals surface area contributed by atoms with E-state index in [1.807, 2.05) is 12.1 Å². The summed E-state index contributed by atoms with van der Waals surface area (Å²) >= 11 is 0. The summed E-state index contributed by atoms with van der Waals surface area (Å²) in [6.45, 7) is 0. The highest BCUT2D eigenvalue weighted by atomic mass is 16.5. The zero-order valence-electron chi connectivity index (χ0n) is 16.3. The summed E-state index contributed by atoms with van der Waals surface area (Å²) in [6.07, 6.45) is 1.91. The molecule has 1 amide bonds. The Balaban J connectivity index is 1.81. The number of nitrogens with one attached hydrogen (secondary N) is 1. The molecule has 1 aliphatic heterocycles. The van der Waals surface area contributed by atoms with Crippen LogP contribution in [0.5, 0.6) is 23.0 Å². The first-order valence-electron chi connectivity index (χ1n) is 9.02. The molecule has 1 aromatic heterocycles. The van der Waals surface area contributed by atoms with Crippen LogP contribution < -0.4 is 19.5 Å². The highest BCUT2D eigenvalue weighted by molar-refractivity contribution is 5.94. The molecule has 0 saturated heterocycles. The summed E-state index contributed by atoms with van der Waals surface area (Å²) in [5.74, 6) is 1.85. The molecule has 150 valence electrons. The number of phenolic OH excluding ortho intramolecular Hbond substituents is 1. The molecule has 3 aromatic rings. The fraction of sp³-hybridized carbons (Fsp3) is 0.238. The van der Waals surface area contributed by atoms with E-state index in [9.17, 15) is 9.90 Å². The van der Waals surface area contributed by atoms with Crippen LogP contribution in [0.25, 0.3) is 5.69 Å². The number of hydrogen-bond donors (Lipinski definition) is 2. The minimum absolute atomic E-state index is 0.0465. The minimum Gasteiger partial charge on any atom is -0.504 e. The van der Waals surface area contributed by atoms with Crippen molar-refractivity contribution in [1.82, 2.24) is 9.55 Å². The van der Waals surface area contributed by atoms with Crippen molar-refractivity contribution in [1.29, 1.82) is 0 Å². The first-order valence-corrected chi connectivity index (χ1v) is 9.02. The predicted octanol–water partition coefficient (Wildman–Crippen LogP) is 3.08. The van der Waals surface area contributed by atoms with Crippen molar-refractivity contribution in [2.45, 2.75) is 12.3 Å². The molecule has 1 aliphatic rings. The number of aromatic nitrogens is 2. The molecule has 0 unspecified atom stereocenters. The van der Waals surface area contributed by atoms with E-state index in [1.165, 1.54) is 7.11 Å². The number of imidazole rings is 1. The molecule has 8 heteroatoms. The summed E-state index contributed by atoms with van der Waals surface area (Å²) in [5.41, 5.74) is 2.30. The molecule has 0 saturated carbocycles. The number of rotatable bonds is 5. The second kappa shape index (κ2) is 7.38. The fourth-order valence-corrected chi connectivity index (χ4v) is 3.56. The molecule has 29 heavy (non-hydrogen) atoms. The number of carbonyl (C=O) groups is 1. The van der Waals surface area contributed by atoms with Gasteiger partial charge < -0.3 is 24.6 Å². The monoisotopic (exact) mass is 395 g/mol. The van der Waals surface area contributed by atoms with E-state index in [1.54, 1.807) is 49.4 Å². The zero-order chi connectivity index (χ0) is 20.5. The van der Waals surface area contributed by atoms with E-state index < -0.39 is 0 Å². The highest BCUT2D eigenvalue weighted by Crippen LogP contribution is 2.41. The van der Waals surface area contributed by atoms with Gasteiger partial charge in [0.05, 0.1) is 32.7 Å². The molecule has 0 spiro atoms. The van der Waals surface area contributed by atoms with Gasteiger partial charge in [-0.1, -0.05) is 6.07 Å². The Kier molecular flexibility index (Phi) is 4.75. The normalized spacial score (nSPS) is 15.4. The average molecular weight is 395 g/mol. The Morgan fingerprint density at radius 2 is 1.86 bits per heavy atom. The molecule has 4 rings (SSSR count). The van der Waals surface area contributed by atoms with Gasteiger partial charge >= 0.3 is 0 Å². The molecule has 0 bridgehead atoms. The van der Waals surface area contributed by atoms with E-state index in [4.69, 9.17) is 14.2 Å². The molecule has 2 heterocycles. The lowest BCUT2D eigenvalue weighted by Crippen LogP contribution is -2.25. The number of fused-ring (bicyclic) bond motifs is 1. The zero-order valence-corrected chi connectivity index (χ0v) is 16.3. The third-order valence-electron chi connectivity index (χ3n) is 5.03. The topological polar surface area (TPSA) is 94.8 Å². The molecule has 0 radical (unpaired) electrons. The Hall–Kier alpha value is -3.68. The third-order valence-corrected chi connectivity index (χ3v) is 5.03. The molecule has 2 N–H and O–H groups in total. The summed E-state index contributed by atoms with van der Waals surface area (Å²) in [6, 6.07) is 10.5. The number of ether oxygens (including phenoxy) is 3. The second-order valence-electron chi connectivity index (χ2n) is 6.62. The number of carbonyl (C=O) groups excluding carboxylic acids is 1. The lowest BCUT2D eigenvalue weighted by atomic mass is 9.89. The molecule has 2 aromatic carbocycles. The van der Waals surface area contributed by atoms with Crippen molar-refractivity contribution in [2.24, 2.45) is 0 Å². The van der Waals surface area contributed by atoms with Crippen molar-refractivity contribution >= 4 is 11.7 Å². The second-order valence-corrected chi connectivity index (χ2v) is 6.62. The molecule has 0 aliphatic carbocycles. The molecule has 1 atom stereocenters. The molecule has 0 fully saturated rings. The van der Waals surface area contributed by atoms with E-state index in [0.29, 0.717) is 23.1 Å². The predicted molar refractivity (Wildman–Crippen MR) is 106 cm³/mol. The van der Waals surface area contributed by atoms with Crippen LogP contribution in [-0.2, 0) is 4.79 Å². The SMILES string of the molecule is COc1ccc(-n2cnc3c2NC(=O)C[C@H]3c2ccc(O)c(OC)c2)c(OC)c1. The number of aromatic hydroxyl groups is 1. The summed E-state index contributed by atoms with van der Waals surface area (Å²) in [7, 11) is 4.65. The average Bonchev–Trinajstić information content (AvgIpc) is 3.16. The first-order chi connectivity index (χ1) is 14.0. The smallest absolute Gasteiger partial charge is 0.226 e. The van der Waals surface area contributed by atoms with Gasteiger partial charge in [0.1, 0.15) is 23.6 Å². The van der Waals surface area contributed by atoms with Gasteiger partial charge in [0.25, 0.3) is 0 Å². The Bertz CT molecular complexity index is 1080. The number of methoxy groups -OCH3 is 3. The lowest BCUT2D eigenvalue weighted by Gasteiger charge is -2.24. The van der Waals surface area contributed by atoms with Gasteiger partial charge in [0.2, 0.25) is 5.91 Å². The van der Waals surface area contributed by atoms with E-state index in [-0.39, 0.29) is 24.0 Å². The van der Waals surface area contributed by atoms with Gasteiger partial charge in [-0.05, 0) is 29.8 Å². The van der Waals surface area contributed by atoms with Gasteiger partial charge in [0, 0.05) is 18.4 Å². The maximum absolute atomic E-state index is 12.5. The maximum Gasteiger partial charge on any atom is 0.226 e. The first kappa shape index (κ1) is 18.7. The van der Waals surface area contributed by atoms with Crippen molar-refractivity contribution in [3.8, 4) is 28.7 Å². The third kappa shape index (κ3) is 3.22. The Labute approximate surface area is 167 Å². The minimum atomic E-state index is -0.265. The largest absolute Gasteiger partial charge is 0.504 e. The van der Waals surface area contributed by atoms with Crippen LogP contribution >= 0.6 is 0 Å². The van der Waals surface area contributed by atoms with Gasteiger partial charge in [0.15, 0.2) is 11.5 Å². The van der Waals surface area contributed by atoms with E-state index in [2.05, 4.69) is 10.3 Å². The Morgan fingerprint density at radius 3 is 2.59 bits per heavy atom. The van der Waals surface area contributed by atoms with E-state index in [0.717, 1.165) is 16.9 Å². The molecular formula is C21H21N3O5. The summed E-state index contributed by atoms with van der Waals surface area (Å²) < 4.78 is 17.8. The summed E-state index contributed by atoms with van der Waals surface area (Å²) in [4.78, 5) is 17.1. The van der Waals surface area contributed by atoms with E-state index >= 15 is 0 Å². The van der Waals surface area contributed by atoms with Crippen LogP contribution in [0, 0.1) is 0 Å².